The second kappa shape index (κ2) is 6.11. The van der Waals surface area contributed by atoms with Gasteiger partial charge in [0.2, 0.25) is 0 Å². The molecule has 0 spiro atoms. The number of benzene rings is 1. The molecule has 0 radical (unpaired) electrons. The van der Waals surface area contributed by atoms with E-state index in [2.05, 4.69) is 10.3 Å². The second-order valence-corrected chi connectivity index (χ2v) is 5.00. The molecule has 0 fully saturated rings. The van der Waals surface area contributed by atoms with Crippen molar-refractivity contribution in [1.29, 1.82) is 0 Å². The van der Waals surface area contributed by atoms with Crippen molar-refractivity contribution >= 4 is 40.8 Å². The van der Waals surface area contributed by atoms with E-state index in [4.69, 9.17) is 28.3 Å². The fourth-order valence-corrected chi connectivity index (χ4v) is 2.01. The zero-order valence-corrected chi connectivity index (χ0v) is 12.4. The topological polar surface area (TPSA) is 79.3 Å². The third-order valence-corrected chi connectivity index (χ3v) is 3.56. The fourth-order valence-electron chi connectivity index (χ4n) is 1.74. The summed E-state index contributed by atoms with van der Waals surface area (Å²) in [5.41, 5.74) is 1.22. The van der Waals surface area contributed by atoms with Gasteiger partial charge >= 0.3 is 5.97 Å². The maximum Gasteiger partial charge on any atom is 0.336 e. The molecule has 5 nitrogen and oxygen atoms in total. The Morgan fingerprint density at radius 1 is 1.29 bits per heavy atom. The lowest BCUT2D eigenvalue weighted by molar-refractivity contribution is 0.0695. The van der Waals surface area contributed by atoms with E-state index in [1.54, 1.807) is 19.1 Å². The van der Waals surface area contributed by atoms with Crippen molar-refractivity contribution in [2.24, 2.45) is 0 Å². The summed E-state index contributed by atoms with van der Waals surface area (Å²) >= 11 is 11.5. The lowest BCUT2D eigenvalue weighted by Crippen LogP contribution is -2.14. The molecular formula is C14H10Cl2N2O3. The lowest BCUT2D eigenvalue weighted by atomic mass is 10.1. The minimum atomic E-state index is -1.06. The maximum absolute atomic E-state index is 12.1. The van der Waals surface area contributed by atoms with Gasteiger partial charge in [0.15, 0.2) is 0 Å². The highest BCUT2D eigenvalue weighted by Crippen LogP contribution is 2.22. The van der Waals surface area contributed by atoms with Gasteiger partial charge in [-0.05, 0) is 30.7 Å². The molecule has 0 bridgehead atoms. The van der Waals surface area contributed by atoms with Gasteiger partial charge in [0.05, 0.1) is 16.1 Å². The van der Waals surface area contributed by atoms with Gasteiger partial charge in [-0.2, -0.15) is 0 Å². The molecule has 1 aromatic heterocycles. The molecule has 1 amide bonds. The Morgan fingerprint density at radius 3 is 2.62 bits per heavy atom. The standard InChI is InChI=1S/C14H10Cl2N2O3/c1-7-9(14(20)21)3-2-4-11(7)18-13(19)8-5-10(15)12(16)17-6-8/h2-6H,1H3,(H,18,19)(H,20,21). The molecule has 2 aromatic rings. The number of hydrogen-bond acceptors (Lipinski definition) is 3. The number of hydrogen-bond donors (Lipinski definition) is 2. The summed E-state index contributed by atoms with van der Waals surface area (Å²) in [5, 5.41) is 12.0. The van der Waals surface area contributed by atoms with Crippen LogP contribution in [-0.4, -0.2) is 22.0 Å². The summed E-state index contributed by atoms with van der Waals surface area (Å²) in [5.74, 6) is -1.51. The number of aromatic carboxylic acids is 1. The van der Waals surface area contributed by atoms with E-state index in [0.29, 0.717) is 11.3 Å². The number of carboxylic acid groups (broad SMARTS) is 1. The molecule has 108 valence electrons. The van der Waals surface area contributed by atoms with Gasteiger partial charge in [-0.25, -0.2) is 9.78 Å². The number of anilines is 1. The highest BCUT2D eigenvalue weighted by Gasteiger charge is 2.14. The normalized spacial score (nSPS) is 10.2. The number of rotatable bonds is 3. The molecule has 0 aliphatic heterocycles. The van der Waals surface area contributed by atoms with Crippen molar-refractivity contribution in [3.63, 3.8) is 0 Å². The van der Waals surface area contributed by atoms with Crippen LogP contribution in [0.25, 0.3) is 0 Å². The predicted octanol–water partition coefficient (Wildman–Crippen LogP) is 3.65. The van der Waals surface area contributed by atoms with Crippen LogP contribution in [0.1, 0.15) is 26.3 Å². The summed E-state index contributed by atoms with van der Waals surface area (Å²) in [6.45, 7) is 1.62. The van der Waals surface area contributed by atoms with Crippen LogP contribution in [-0.2, 0) is 0 Å². The number of pyridine rings is 1. The van der Waals surface area contributed by atoms with Crippen molar-refractivity contribution in [2.75, 3.05) is 5.32 Å². The third-order valence-electron chi connectivity index (χ3n) is 2.87. The Kier molecular flexibility index (Phi) is 4.45. The average molecular weight is 325 g/mol. The molecule has 0 unspecified atom stereocenters. The molecule has 0 aliphatic carbocycles. The highest BCUT2D eigenvalue weighted by atomic mass is 35.5. The number of carbonyl (C=O) groups is 2. The van der Waals surface area contributed by atoms with Crippen molar-refractivity contribution in [3.8, 4) is 0 Å². The van der Waals surface area contributed by atoms with E-state index in [1.165, 1.54) is 18.3 Å². The Balaban J connectivity index is 2.29. The van der Waals surface area contributed by atoms with Crippen LogP contribution in [0.4, 0.5) is 5.69 Å². The summed E-state index contributed by atoms with van der Waals surface area (Å²) in [4.78, 5) is 27.0. The van der Waals surface area contributed by atoms with Crippen molar-refractivity contribution in [1.82, 2.24) is 4.98 Å². The number of halogens is 2. The van der Waals surface area contributed by atoms with Gasteiger partial charge < -0.3 is 10.4 Å². The van der Waals surface area contributed by atoms with Crippen molar-refractivity contribution < 1.29 is 14.7 Å². The minimum absolute atomic E-state index is 0.109. The first-order valence-electron chi connectivity index (χ1n) is 5.85. The van der Waals surface area contributed by atoms with Crippen LogP contribution < -0.4 is 5.32 Å². The lowest BCUT2D eigenvalue weighted by Gasteiger charge is -2.10. The molecule has 7 heteroatoms. The molecule has 0 atom stereocenters. The van der Waals surface area contributed by atoms with Gasteiger partial charge in [-0.15, -0.1) is 0 Å². The fraction of sp³-hybridized carbons (Fsp3) is 0.0714. The van der Waals surface area contributed by atoms with Crippen molar-refractivity contribution in [3.05, 3.63) is 57.3 Å². The zero-order valence-electron chi connectivity index (χ0n) is 10.9. The monoisotopic (exact) mass is 324 g/mol. The Morgan fingerprint density at radius 2 is 2.00 bits per heavy atom. The number of aromatic nitrogens is 1. The summed E-state index contributed by atoms with van der Waals surface area (Å²) in [6.07, 6.45) is 1.29. The van der Waals surface area contributed by atoms with Gasteiger partial charge in [0.1, 0.15) is 5.15 Å². The predicted molar refractivity (Wildman–Crippen MR) is 80.3 cm³/mol. The quantitative estimate of drug-likeness (QED) is 0.844. The van der Waals surface area contributed by atoms with E-state index in [-0.39, 0.29) is 21.3 Å². The Labute approximate surface area is 130 Å². The number of amides is 1. The first-order chi connectivity index (χ1) is 9.90. The largest absolute Gasteiger partial charge is 0.478 e. The van der Waals surface area contributed by atoms with E-state index >= 15 is 0 Å². The van der Waals surface area contributed by atoms with Gasteiger partial charge in [0, 0.05) is 11.9 Å². The number of carboxylic acids is 1. The highest BCUT2D eigenvalue weighted by molar-refractivity contribution is 6.41. The number of nitrogens with zero attached hydrogens (tertiary/aromatic N) is 1. The average Bonchev–Trinajstić information content (AvgIpc) is 2.43. The smallest absolute Gasteiger partial charge is 0.336 e. The third kappa shape index (κ3) is 3.32. The van der Waals surface area contributed by atoms with Gasteiger partial charge in [-0.3, -0.25) is 4.79 Å². The van der Waals surface area contributed by atoms with E-state index < -0.39 is 11.9 Å². The Hall–Kier alpha value is -2.11. The van der Waals surface area contributed by atoms with Crippen LogP contribution in [0.2, 0.25) is 10.2 Å². The molecule has 21 heavy (non-hydrogen) atoms. The van der Waals surface area contributed by atoms with Gasteiger partial charge in [0.25, 0.3) is 5.91 Å². The Bertz CT molecular complexity index is 732. The molecule has 1 heterocycles. The van der Waals surface area contributed by atoms with E-state index in [1.807, 2.05) is 0 Å². The van der Waals surface area contributed by atoms with Gasteiger partial charge in [-0.1, -0.05) is 29.3 Å². The summed E-state index contributed by atoms with van der Waals surface area (Å²) in [7, 11) is 0. The zero-order chi connectivity index (χ0) is 15.6. The summed E-state index contributed by atoms with van der Waals surface area (Å²) < 4.78 is 0. The first kappa shape index (κ1) is 15.3. The molecule has 0 saturated heterocycles. The first-order valence-corrected chi connectivity index (χ1v) is 6.61. The molecule has 2 N–H and O–H groups in total. The molecule has 0 saturated carbocycles. The van der Waals surface area contributed by atoms with Crippen molar-refractivity contribution in [2.45, 2.75) is 6.92 Å². The van der Waals surface area contributed by atoms with Crippen LogP contribution in [0, 0.1) is 6.92 Å². The molecule has 1 aromatic carbocycles. The SMILES string of the molecule is Cc1c(NC(=O)c2cnc(Cl)c(Cl)c2)cccc1C(=O)O. The van der Waals surface area contributed by atoms with Crippen LogP contribution >= 0.6 is 23.2 Å². The second-order valence-electron chi connectivity index (χ2n) is 4.23. The maximum atomic E-state index is 12.1. The molecule has 2 rings (SSSR count). The molecular weight excluding hydrogens is 315 g/mol. The summed E-state index contributed by atoms with van der Waals surface area (Å²) in [6, 6.07) is 6.03. The minimum Gasteiger partial charge on any atom is -0.478 e. The van der Waals surface area contributed by atoms with E-state index in [9.17, 15) is 9.59 Å². The number of carbonyl (C=O) groups excluding carboxylic acids is 1. The van der Waals surface area contributed by atoms with Crippen LogP contribution in [0.3, 0.4) is 0 Å². The van der Waals surface area contributed by atoms with Crippen LogP contribution in [0.5, 0.6) is 0 Å². The van der Waals surface area contributed by atoms with E-state index in [0.717, 1.165) is 0 Å². The van der Waals surface area contributed by atoms with Crippen LogP contribution in [0.15, 0.2) is 30.5 Å². The number of nitrogens with one attached hydrogen (secondary N) is 1. The molecule has 0 aliphatic rings.